The Balaban J connectivity index is 4.34. The van der Waals surface area contributed by atoms with Gasteiger partial charge in [-0.1, -0.05) is 6.92 Å². The van der Waals surface area contributed by atoms with Gasteiger partial charge in [0.2, 0.25) is 0 Å². The number of carboxylic acids is 1. The Hall–Kier alpha value is -1.14. The first-order valence-electron chi connectivity index (χ1n) is 3.40. The number of esters is 1. The third-order valence-electron chi connectivity index (χ3n) is 1.35. The molecule has 0 rings (SSSR count). The van der Waals surface area contributed by atoms with E-state index in [0.29, 0.717) is 0 Å². The van der Waals surface area contributed by atoms with Crippen LogP contribution in [0.15, 0.2) is 0 Å². The van der Waals surface area contributed by atoms with Crippen molar-refractivity contribution in [2.75, 3.05) is 6.54 Å². The van der Waals surface area contributed by atoms with Crippen molar-refractivity contribution in [2.24, 2.45) is 11.5 Å². The van der Waals surface area contributed by atoms with Gasteiger partial charge < -0.3 is 15.6 Å². The Morgan fingerprint density at radius 2 is 2.08 bits per heavy atom. The highest BCUT2D eigenvalue weighted by Crippen LogP contribution is 2.08. The van der Waals surface area contributed by atoms with Crippen molar-refractivity contribution in [3.63, 3.8) is 0 Å². The van der Waals surface area contributed by atoms with E-state index >= 15 is 0 Å². The molecular formula is C6H12N2O4. The number of carboxylic acid groups (broad SMARTS) is 1. The van der Waals surface area contributed by atoms with Gasteiger partial charge >= 0.3 is 11.9 Å². The fraction of sp³-hybridized carbons (Fsp3) is 0.667. The predicted molar refractivity (Wildman–Crippen MR) is 40.0 cm³/mol. The molecule has 0 bridgehead atoms. The second-order valence-electron chi connectivity index (χ2n) is 2.23. The molecule has 0 aromatic rings. The van der Waals surface area contributed by atoms with E-state index in [9.17, 15) is 9.59 Å². The molecule has 0 aromatic carbocycles. The lowest BCUT2D eigenvalue weighted by Crippen LogP contribution is -2.52. The molecule has 0 amide bonds. The zero-order valence-electron chi connectivity index (χ0n) is 6.74. The zero-order valence-corrected chi connectivity index (χ0v) is 6.74. The number of rotatable bonds is 4. The van der Waals surface area contributed by atoms with Crippen LogP contribution in [0.5, 0.6) is 0 Å². The molecule has 0 aliphatic carbocycles. The summed E-state index contributed by atoms with van der Waals surface area (Å²) >= 11 is 0. The van der Waals surface area contributed by atoms with E-state index in [-0.39, 0.29) is 13.0 Å². The highest BCUT2D eigenvalue weighted by molar-refractivity contribution is 5.81. The third-order valence-corrected chi connectivity index (χ3v) is 1.35. The number of nitrogens with two attached hydrogens (primary N) is 2. The number of ether oxygens (including phenoxy) is 1. The van der Waals surface area contributed by atoms with Crippen LogP contribution in [0.3, 0.4) is 0 Å². The Morgan fingerprint density at radius 3 is 2.33 bits per heavy atom. The maximum absolute atomic E-state index is 10.6. The summed E-state index contributed by atoms with van der Waals surface area (Å²) in [4.78, 5) is 21.1. The fourth-order valence-corrected chi connectivity index (χ4v) is 0.512. The van der Waals surface area contributed by atoms with Crippen molar-refractivity contribution >= 4 is 11.9 Å². The van der Waals surface area contributed by atoms with Crippen LogP contribution in [0.25, 0.3) is 0 Å². The van der Waals surface area contributed by atoms with Gasteiger partial charge in [-0.2, -0.15) is 0 Å². The molecule has 1 unspecified atom stereocenters. The van der Waals surface area contributed by atoms with Crippen LogP contribution in [-0.4, -0.2) is 29.3 Å². The maximum Gasteiger partial charge on any atom is 0.363 e. The summed E-state index contributed by atoms with van der Waals surface area (Å²) in [7, 11) is 0. The Labute approximate surface area is 69.5 Å². The van der Waals surface area contributed by atoms with Crippen molar-refractivity contribution in [1.82, 2.24) is 0 Å². The molecule has 0 aliphatic rings. The van der Waals surface area contributed by atoms with Crippen molar-refractivity contribution in [2.45, 2.75) is 19.1 Å². The second kappa shape index (κ2) is 4.03. The highest BCUT2D eigenvalue weighted by Gasteiger charge is 2.35. The molecule has 0 aromatic heterocycles. The molecular weight excluding hydrogens is 164 g/mol. The molecule has 0 saturated heterocycles. The van der Waals surface area contributed by atoms with E-state index in [4.69, 9.17) is 16.6 Å². The van der Waals surface area contributed by atoms with Gasteiger partial charge in [-0.05, 0) is 0 Å². The van der Waals surface area contributed by atoms with Crippen LogP contribution in [0.2, 0.25) is 0 Å². The van der Waals surface area contributed by atoms with E-state index in [2.05, 4.69) is 4.74 Å². The average Bonchev–Trinajstić information content (AvgIpc) is 2.03. The van der Waals surface area contributed by atoms with Crippen LogP contribution in [-0.2, 0) is 14.3 Å². The lowest BCUT2D eigenvalue weighted by atomic mass is 10.2. The van der Waals surface area contributed by atoms with E-state index in [1.807, 2.05) is 0 Å². The van der Waals surface area contributed by atoms with Gasteiger partial charge in [0.05, 0.1) is 6.54 Å². The maximum atomic E-state index is 10.6. The average molecular weight is 176 g/mol. The topological polar surface area (TPSA) is 116 Å². The molecule has 6 nitrogen and oxygen atoms in total. The molecule has 0 fully saturated rings. The Morgan fingerprint density at radius 1 is 1.58 bits per heavy atom. The standard InChI is InChI=1S/C6H12N2O4/c1-2-6(8,5(10)11)12-4(9)3-7/h2-3,7-8H2,1H3,(H,10,11). The lowest BCUT2D eigenvalue weighted by molar-refractivity contribution is -0.177. The van der Waals surface area contributed by atoms with Crippen molar-refractivity contribution < 1.29 is 19.4 Å². The number of hydrogen-bond acceptors (Lipinski definition) is 5. The SMILES string of the molecule is CCC(N)(OC(=O)CN)C(=O)O. The first-order valence-corrected chi connectivity index (χ1v) is 3.40. The Bertz CT molecular complexity index is 194. The monoisotopic (exact) mass is 176 g/mol. The van der Waals surface area contributed by atoms with Crippen molar-refractivity contribution in [3.8, 4) is 0 Å². The molecule has 0 heterocycles. The molecule has 0 aliphatic heterocycles. The van der Waals surface area contributed by atoms with E-state index in [1.165, 1.54) is 6.92 Å². The normalized spacial score (nSPS) is 14.9. The van der Waals surface area contributed by atoms with Gasteiger partial charge in [0.1, 0.15) is 0 Å². The molecule has 0 spiro atoms. The number of carbonyl (C=O) groups excluding carboxylic acids is 1. The van der Waals surface area contributed by atoms with Crippen LogP contribution < -0.4 is 11.5 Å². The van der Waals surface area contributed by atoms with E-state index in [1.54, 1.807) is 0 Å². The van der Waals surface area contributed by atoms with Crippen LogP contribution >= 0.6 is 0 Å². The number of aliphatic carboxylic acids is 1. The largest absolute Gasteiger partial charge is 0.477 e. The van der Waals surface area contributed by atoms with Crippen LogP contribution in [0, 0.1) is 0 Å². The van der Waals surface area contributed by atoms with Gasteiger partial charge in [-0.15, -0.1) is 0 Å². The fourth-order valence-electron chi connectivity index (χ4n) is 0.512. The zero-order chi connectivity index (χ0) is 9.78. The van der Waals surface area contributed by atoms with Gasteiger partial charge in [0.15, 0.2) is 0 Å². The summed E-state index contributed by atoms with van der Waals surface area (Å²) in [5.74, 6) is -2.21. The van der Waals surface area contributed by atoms with Crippen molar-refractivity contribution in [3.05, 3.63) is 0 Å². The van der Waals surface area contributed by atoms with E-state index in [0.717, 1.165) is 0 Å². The van der Waals surface area contributed by atoms with Gasteiger partial charge in [0.25, 0.3) is 5.72 Å². The lowest BCUT2D eigenvalue weighted by Gasteiger charge is -2.22. The minimum absolute atomic E-state index is 0.00588. The minimum atomic E-state index is -1.95. The third kappa shape index (κ3) is 2.48. The van der Waals surface area contributed by atoms with Crippen molar-refractivity contribution in [1.29, 1.82) is 0 Å². The molecule has 12 heavy (non-hydrogen) atoms. The summed E-state index contributed by atoms with van der Waals surface area (Å²) < 4.78 is 4.41. The Kier molecular flexibility index (Phi) is 3.65. The highest BCUT2D eigenvalue weighted by atomic mass is 16.6. The smallest absolute Gasteiger partial charge is 0.363 e. The molecule has 5 N–H and O–H groups in total. The quantitative estimate of drug-likeness (QED) is 0.360. The number of carbonyl (C=O) groups is 2. The molecule has 0 saturated carbocycles. The van der Waals surface area contributed by atoms with Crippen LogP contribution in [0.4, 0.5) is 0 Å². The summed E-state index contributed by atoms with van der Waals surface area (Å²) in [5.41, 5.74) is 8.18. The second-order valence-corrected chi connectivity index (χ2v) is 2.23. The molecule has 70 valence electrons. The number of hydrogen-bond donors (Lipinski definition) is 3. The van der Waals surface area contributed by atoms with Gasteiger partial charge in [-0.25, -0.2) is 4.79 Å². The summed E-state index contributed by atoms with van der Waals surface area (Å²) in [6.45, 7) is 1.12. The van der Waals surface area contributed by atoms with E-state index < -0.39 is 17.7 Å². The molecule has 1 atom stereocenters. The first-order chi connectivity index (χ1) is 5.46. The summed E-state index contributed by atoms with van der Waals surface area (Å²) in [6, 6.07) is 0. The summed E-state index contributed by atoms with van der Waals surface area (Å²) in [5, 5.41) is 8.53. The minimum Gasteiger partial charge on any atom is -0.477 e. The molecule has 0 radical (unpaired) electrons. The van der Waals surface area contributed by atoms with Crippen LogP contribution in [0.1, 0.15) is 13.3 Å². The molecule has 6 heteroatoms. The predicted octanol–water partition coefficient (Wildman–Crippen LogP) is -1.36. The van der Waals surface area contributed by atoms with Gasteiger partial charge in [-0.3, -0.25) is 10.5 Å². The first kappa shape index (κ1) is 10.9. The summed E-state index contributed by atoms with van der Waals surface area (Å²) in [6.07, 6.45) is -0.00588. The van der Waals surface area contributed by atoms with Gasteiger partial charge in [0, 0.05) is 6.42 Å².